The number of pyridine rings is 1. The summed E-state index contributed by atoms with van der Waals surface area (Å²) in [6, 6.07) is 9.87. The Labute approximate surface area is 204 Å². The molecule has 3 rings (SSSR count). The second-order valence-corrected chi connectivity index (χ2v) is 9.79. The first-order valence-electron chi connectivity index (χ1n) is 12.7. The van der Waals surface area contributed by atoms with Gasteiger partial charge in [-0.2, -0.15) is 0 Å². The third-order valence-corrected chi connectivity index (χ3v) is 6.40. The number of carbonyl (C=O) groups excluding carboxylic acids is 2. The number of nitrogens with one attached hydrogen (secondary N) is 1. The Hall–Kier alpha value is -2.73. The van der Waals surface area contributed by atoms with Gasteiger partial charge in [-0.15, -0.1) is 0 Å². The topological polar surface area (TPSA) is 65.5 Å². The molecule has 0 unspecified atom stereocenters. The predicted octanol–water partition coefficient (Wildman–Crippen LogP) is 5.18. The fraction of sp³-hybridized carbons (Fsp3) is 0.536. The van der Waals surface area contributed by atoms with Gasteiger partial charge in [0.25, 0.3) is 5.91 Å². The second kappa shape index (κ2) is 13.2. The summed E-state index contributed by atoms with van der Waals surface area (Å²) in [5, 5.41) is 3.05. The maximum Gasteiger partial charge on any atom is 0.251 e. The molecule has 6 heteroatoms. The maximum atomic E-state index is 12.9. The van der Waals surface area contributed by atoms with Crippen molar-refractivity contribution < 1.29 is 9.59 Å². The molecule has 0 atom stereocenters. The van der Waals surface area contributed by atoms with Crippen LogP contribution in [0.2, 0.25) is 0 Å². The standard InChI is InChI=1S/C28H40N4O2/c1-22(2)13-15-30-28(34)25-11-12-27-26(18-25)21-31(20-24-10-9-14-29-19-24)16-7-5-4-6-8-17-32(27)23(3)33/h9-12,14,18-19,22H,4-8,13,15-17,20-21H2,1-3H3,(H,30,34). The molecule has 0 saturated carbocycles. The second-order valence-electron chi connectivity index (χ2n) is 9.79. The van der Waals surface area contributed by atoms with Crippen molar-refractivity contribution in [2.24, 2.45) is 5.92 Å². The molecule has 1 N–H and O–H groups in total. The fourth-order valence-electron chi connectivity index (χ4n) is 4.48. The number of amides is 2. The largest absolute Gasteiger partial charge is 0.352 e. The Morgan fingerprint density at radius 1 is 1.06 bits per heavy atom. The summed E-state index contributed by atoms with van der Waals surface area (Å²) >= 11 is 0. The Morgan fingerprint density at radius 3 is 2.53 bits per heavy atom. The van der Waals surface area contributed by atoms with Crippen molar-refractivity contribution >= 4 is 17.5 Å². The van der Waals surface area contributed by atoms with Gasteiger partial charge in [-0.05, 0) is 67.1 Å². The van der Waals surface area contributed by atoms with Crippen LogP contribution in [0.5, 0.6) is 0 Å². The highest BCUT2D eigenvalue weighted by Gasteiger charge is 2.20. The first-order chi connectivity index (χ1) is 16.4. The zero-order chi connectivity index (χ0) is 24.3. The van der Waals surface area contributed by atoms with E-state index < -0.39 is 0 Å². The van der Waals surface area contributed by atoms with Gasteiger partial charge in [0.1, 0.15) is 0 Å². The van der Waals surface area contributed by atoms with Gasteiger partial charge in [0.2, 0.25) is 5.91 Å². The highest BCUT2D eigenvalue weighted by Crippen LogP contribution is 2.26. The average molecular weight is 465 g/mol. The molecule has 1 aliphatic heterocycles. The lowest BCUT2D eigenvalue weighted by Gasteiger charge is -2.29. The molecule has 0 bridgehead atoms. The van der Waals surface area contributed by atoms with Crippen molar-refractivity contribution in [3.63, 3.8) is 0 Å². The van der Waals surface area contributed by atoms with Crippen molar-refractivity contribution in [3.8, 4) is 0 Å². The zero-order valence-electron chi connectivity index (χ0n) is 21.1. The van der Waals surface area contributed by atoms with Crippen molar-refractivity contribution in [2.75, 3.05) is 24.5 Å². The molecule has 0 spiro atoms. The first-order valence-corrected chi connectivity index (χ1v) is 12.7. The number of anilines is 1. The van der Waals surface area contributed by atoms with Gasteiger partial charge >= 0.3 is 0 Å². The third-order valence-electron chi connectivity index (χ3n) is 6.40. The van der Waals surface area contributed by atoms with Gasteiger partial charge in [0, 0.05) is 56.7 Å². The number of carbonyl (C=O) groups is 2. The number of fused-ring (bicyclic) bond motifs is 1. The van der Waals surface area contributed by atoms with Crippen LogP contribution >= 0.6 is 0 Å². The normalized spacial score (nSPS) is 15.8. The summed E-state index contributed by atoms with van der Waals surface area (Å²) in [4.78, 5) is 34.0. The quantitative estimate of drug-likeness (QED) is 0.640. The van der Waals surface area contributed by atoms with Crippen LogP contribution in [0.4, 0.5) is 5.69 Å². The maximum absolute atomic E-state index is 12.9. The minimum Gasteiger partial charge on any atom is -0.352 e. The molecule has 0 saturated heterocycles. The Kier molecular flexibility index (Phi) is 10.1. The van der Waals surface area contributed by atoms with E-state index in [2.05, 4.69) is 35.1 Å². The monoisotopic (exact) mass is 464 g/mol. The lowest BCUT2D eigenvalue weighted by molar-refractivity contribution is -0.116. The van der Waals surface area contributed by atoms with Crippen molar-refractivity contribution in [1.29, 1.82) is 0 Å². The molecule has 6 nitrogen and oxygen atoms in total. The molecule has 0 radical (unpaired) electrons. The van der Waals surface area contributed by atoms with Gasteiger partial charge in [-0.1, -0.05) is 39.2 Å². The van der Waals surface area contributed by atoms with Crippen LogP contribution in [0, 0.1) is 5.92 Å². The van der Waals surface area contributed by atoms with Gasteiger partial charge in [-0.3, -0.25) is 19.5 Å². The molecule has 34 heavy (non-hydrogen) atoms. The fourth-order valence-corrected chi connectivity index (χ4v) is 4.48. The zero-order valence-corrected chi connectivity index (χ0v) is 21.1. The number of aromatic nitrogens is 1. The van der Waals surface area contributed by atoms with Gasteiger partial charge in [0.15, 0.2) is 0 Å². The third kappa shape index (κ3) is 7.94. The predicted molar refractivity (Wildman–Crippen MR) is 138 cm³/mol. The first kappa shape index (κ1) is 25.9. The lowest BCUT2D eigenvalue weighted by atomic mass is 10.0. The van der Waals surface area contributed by atoms with E-state index >= 15 is 0 Å². The van der Waals surface area contributed by atoms with Gasteiger partial charge in [-0.25, -0.2) is 0 Å². The molecule has 0 fully saturated rings. The highest BCUT2D eigenvalue weighted by atomic mass is 16.2. The number of rotatable bonds is 6. The summed E-state index contributed by atoms with van der Waals surface area (Å²) in [6.45, 7) is 9.77. The van der Waals surface area contributed by atoms with E-state index in [4.69, 9.17) is 0 Å². The molecule has 1 aliphatic rings. The minimum atomic E-state index is -0.0530. The summed E-state index contributed by atoms with van der Waals surface area (Å²) in [5.74, 6) is 0.538. The molecule has 2 aromatic rings. The van der Waals surface area contributed by atoms with E-state index in [1.807, 2.05) is 35.4 Å². The molecule has 184 valence electrons. The van der Waals surface area contributed by atoms with E-state index in [-0.39, 0.29) is 11.8 Å². The van der Waals surface area contributed by atoms with Crippen LogP contribution in [-0.2, 0) is 17.9 Å². The van der Waals surface area contributed by atoms with Crippen molar-refractivity contribution in [3.05, 3.63) is 59.4 Å². The van der Waals surface area contributed by atoms with Crippen molar-refractivity contribution in [1.82, 2.24) is 15.2 Å². The average Bonchev–Trinajstić information content (AvgIpc) is 2.80. The molecule has 2 heterocycles. The number of hydrogen-bond donors (Lipinski definition) is 1. The Morgan fingerprint density at radius 2 is 1.82 bits per heavy atom. The molecule has 2 amide bonds. The molecular weight excluding hydrogens is 424 g/mol. The highest BCUT2D eigenvalue weighted by molar-refractivity contribution is 5.97. The summed E-state index contributed by atoms with van der Waals surface area (Å²) < 4.78 is 0. The Balaban J connectivity index is 1.91. The number of hydrogen-bond acceptors (Lipinski definition) is 4. The number of nitrogens with zero attached hydrogens (tertiary/aromatic N) is 3. The smallest absolute Gasteiger partial charge is 0.251 e. The van der Waals surface area contributed by atoms with Crippen LogP contribution in [0.15, 0.2) is 42.7 Å². The Bertz CT molecular complexity index is 929. The summed E-state index contributed by atoms with van der Waals surface area (Å²) in [6.07, 6.45) is 10.3. The van der Waals surface area contributed by atoms with E-state index in [1.54, 1.807) is 13.1 Å². The van der Waals surface area contributed by atoms with E-state index in [1.165, 1.54) is 18.4 Å². The van der Waals surface area contributed by atoms with Crippen LogP contribution in [0.25, 0.3) is 0 Å². The molecule has 0 aliphatic carbocycles. The van der Waals surface area contributed by atoms with Crippen molar-refractivity contribution in [2.45, 2.75) is 72.4 Å². The van der Waals surface area contributed by atoms with E-state index in [0.717, 1.165) is 50.0 Å². The van der Waals surface area contributed by atoms with Crippen LogP contribution in [0.1, 0.15) is 80.8 Å². The van der Waals surface area contributed by atoms with Gasteiger partial charge in [0.05, 0.1) is 0 Å². The molecule has 1 aromatic heterocycles. The van der Waals surface area contributed by atoms with Crippen LogP contribution < -0.4 is 10.2 Å². The van der Waals surface area contributed by atoms with E-state index in [9.17, 15) is 9.59 Å². The SMILES string of the molecule is CC(=O)N1CCCCCCCN(Cc2cccnc2)Cc2cc(C(=O)NCCC(C)C)ccc21. The molecular formula is C28H40N4O2. The van der Waals surface area contributed by atoms with Crippen LogP contribution in [0.3, 0.4) is 0 Å². The minimum absolute atomic E-state index is 0.0475. The summed E-state index contributed by atoms with van der Waals surface area (Å²) in [7, 11) is 0. The molecule has 1 aromatic carbocycles. The van der Waals surface area contributed by atoms with E-state index in [0.29, 0.717) is 31.1 Å². The lowest BCUT2D eigenvalue weighted by Crippen LogP contribution is -2.33. The van der Waals surface area contributed by atoms with Crippen LogP contribution in [-0.4, -0.2) is 41.3 Å². The summed E-state index contributed by atoms with van der Waals surface area (Å²) in [5.41, 5.74) is 3.76. The number of benzene rings is 1. The van der Waals surface area contributed by atoms with Gasteiger partial charge < -0.3 is 10.2 Å².